The highest BCUT2D eigenvalue weighted by Crippen LogP contribution is 2.27. The lowest BCUT2D eigenvalue weighted by Gasteiger charge is -2.19. The van der Waals surface area contributed by atoms with E-state index in [0.717, 1.165) is 11.8 Å². The largest absolute Gasteiger partial charge is 0.298 e. The van der Waals surface area contributed by atoms with Crippen molar-refractivity contribution in [2.45, 2.75) is 12.8 Å². The number of carbonyl (C=O) groups excluding carboxylic acids is 1. The predicted octanol–water partition coefficient (Wildman–Crippen LogP) is 2.82. The highest BCUT2D eigenvalue weighted by atomic mass is 16.1. The number of hydrogen-bond donors (Lipinski definition) is 0. The minimum Gasteiger partial charge on any atom is -0.298 e. The fraction of sp³-hybridized carbons (Fsp3) is 0.231. The molecular formula is C13H13NO. The minimum atomic E-state index is 0.378. The third-order valence-corrected chi connectivity index (χ3v) is 2.72. The van der Waals surface area contributed by atoms with Crippen LogP contribution in [-0.2, 0) is 0 Å². The van der Waals surface area contributed by atoms with Gasteiger partial charge in [-0.1, -0.05) is 37.3 Å². The first-order valence-corrected chi connectivity index (χ1v) is 5.06. The van der Waals surface area contributed by atoms with Gasteiger partial charge in [-0.25, -0.2) is 0 Å². The van der Waals surface area contributed by atoms with Crippen molar-refractivity contribution in [1.82, 2.24) is 0 Å². The van der Waals surface area contributed by atoms with Crippen LogP contribution >= 0.6 is 0 Å². The van der Waals surface area contributed by atoms with Crippen LogP contribution in [0.2, 0.25) is 0 Å². The molecule has 0 aromatic heterocycles. The number of rotatable bonds is 2. The molecule has 1 heterocycles. The van der Waals surface area contributed by atoms with E-state index < -0.39 is 0 Å². The van der Waals surface area contributed by atoms with E-state index in [-0.39, 0.29) is 0 Å². The second-order valence-corrected chi connectivity index (χ2v) is 3.81. The Kier molecular flexibility index (Phi) is 2.77. The van der Waals surface area contributed by atoms with Crippen molar-refractivity contribution in [3.8, 4) is 0 Å². The standard InChI is InChI=1S/C13H13NO/c1-10-8-14-7-6-13(10)12-4-2-11(9-15)3-5-12/h2-10,13H,1H3/t10-,13?/m1/s1. The van der Waals surface area contributed by atoms with Crippen LogP contribution < -0.4 is 0 Å². The van der Waals surface area contributed by atoms with Crippen LogP contribution in [0, 0.1) is 5.92 Å². The summed E-state index contributed by atoms with van der Waals surface area (Å²) < 4.78 is 0. The lowest BCUT2D eigenvalue weighted by atomic mass is 9.86. The zero-order valence-corrected chi connectivity index (χ0v) is 8.63. The van der Waals surface area contributed by atoms with Crippen molar-refractivity contribution in [3.05, 3.63) is 47.7 Å². The molecule has 1 aromatic carbocycles. The Balaban J connectivity index is 2.25. The van der Waals surface area contributed by atoms with E-state index in [0.29, 0.717) is 11.8 Å². The average Bonchev–Trinajstić information content (AvgIpc) is 2.30. The van der Waals surface area contributed by atoms with Gasteiger partial charge in [0.05, 0.1) is 0 Å². The van der Waals surface area contributed by atoms with E-state index in [9.17, 15) is 4.79 Å². The van der Waals surface area contributed by atoms with Crippen molar-refractivity contribution in [3.63, 3.8) is 0 Å². The van der Waals surface area contributed by atoms with Crippen LogP contribution in [0.1, 0.15) is 28.8 Å². The molecule has 0 saturated carbocycles. The smallest absolute Gasteiger partial charge is 0.150 e. The number of aldehydes is 1. The second kappa shape index (κ2) is 4.22. The zero-order valence-electron chi connectivity index (χ0n) is 8.63. The van der Waals surface area contributed by atoms with Crippen LogP contribution in [0.25, 0.3) is 0 Å². The van der Waals surface area contributed by atoms with E-state index in [1.54, 1.807) is 0 Å². The molecule has 15 heavy (non-hydrogen) atoms. The van der Waals surface area contributed by atoms with Gasteiger partial charge in [-0.15, -0.1) is 0 Å². The van der Waals surface area contributed by atoms with Gasteiger partial charge in [0.2, 0.25) is 0 Å². The van der Waals surface area contributed by atoms with Crippen molar-refractivity contribution in [2.75, 3.05) is 0 Å². The first-order chi connectivity index (χ1) is 7.31. The van der Waals surface area contributed by atoms with E-state index in [4.69, 9.17) is 0 Å². The first kappa shape index (κ1) is 9.84. The van der Waals surface area contributed by atoms with E-state index in [2.05, 4.69) is 18.0 Å². The molecule has 2 heteroatoms. The van der Waals surface area contributed by atoms with Crippen LogP contribution in [0.3, 0.4) is 0 Å². The molecule has 1 aromatic rings. The molecule has 1 unspecified atom stereocenters. The Labute approximate surface area is 89.3 Å². The molecule has 0 N–H and O–H groups in total. The van der Waals surface area contributed by atoms with Gasteiger partial charge >= 0.3 is 0 Å². The van der Waals surface area contributed by atoms with Gasteiger partial charge in [0.15, 0.2) is 0 Å². The van der Waals surface area contributed by atoms with Gasteiger partial charge in [0.1, 0.15) is 6.29 Å². The number of nitrogens with zero attached hydrogens (tertiary/aromatic N) is 1. The quantitative estimate of drug-likeness (QED) is 0.673. The molecule has 0 bridgehead atoms. The Morgan fingerprint density at radius 3 is 2.60 bits per heavy atom. The summed E-state index contributed by atoms with van der Waals surface area (Å²) >= 11 is 0. The normalized spacial score (nSPS) is 24.1. The van der Waals surface area contributed by atoms with Gasteiger partial charge in [-0.05, 0) is 5.56 Å². The lowest BCUT2D eigenvalue weighted by molar-refractivity contribution is 0.112. The van der Waals surface area contributed by atoms with Crippen LogP contribution in [-0.4, -0.2) is 12.5 Å². The molecule has 76 valence electrons. The van der Waals surface area contributed by atoms with E-state index in [1.807, 2.05) is 36.7 Å². The Morgan fingerprint density at radius 2 is 2.00 bits per heavy atom. The summed E-state index contributed by atoms with van der Waals surface area (Å²) in [5.41, 5.74) is 1.95. The van der Waals surface area contributed by atoms with Gasteiger partial charge in [-0.2, -0.15) is 0 Å². The Hall–Kier alpha value is -1.70. The summed E-state index contributed by atoms with van der Waals surface area (Å²) in [6.45, 7) is 2.14. The molecule has 0 saturated heterocycles. The minimum absolute atomic E-state index is 0.378. The molecule has 0 spiro atoms. The van der Waals surface area contributed by atoms with Crippen molar-refractivity contribution in [1.29, 1.82) is 0 Å². The van der Waals surface area contributed by atoms with Crippen molar-refractivity contribution >= 4 is 12.5 Å². The van der Waals surface area contributed by atoms with Crippen LogP contribution in [0.5, 0.6) is 0 Å². The average molecular weight is 199 g/mol. The summed E-state index contributed by atoms with van der Waals surface area (Å²) in [6, 6.07) is 7.73. The predicted molar refractivity (Wildman–Crippen MR) is 61.4 cm³/mol. The van der Waals surface area contributed by atoms with Crippen LogP contribution in [0.4, 0.5) is 0 Å². The number of allylic oxidation sites excluding steroid dienone is 1. The first-order valence-electron chi connectivity index (χ1n) is 5.06. The molecule has 1 aliphatic rings. The number of aliphatic imine (C=N–C) groups is 1. The van der Waals surface area contributed by atoms with Gasteiger partial charge in [0.25, 0.3) is 0 Å². The highest BCUT2D eigenvalue weighted by molar-refractivity contribution is 5.74. The third kappa shape index (κ3) is 2.04. The maximum atomic E-state index is 10.5. The van der Waals surface area contributed by atoms with Crippen molar-refractivity contribution in [2.24, 2.45) is 10.9 Å². The third-order valence-electron chi connectivity index (χ3n) is 2.72. The molecule has 0 fully saturated rings. The SMILES string of the molecule is C[C@@H]1C=NC=CC1c1ccc(C=O)cc1. The van der Waals surface area contributed by atoms with E-state index >= 15 is 0 Å². The molecule has 1 aliphatic heterocycles. The summed E-state index contributed by atoms with van der Waals surface area (Å²) in [4.78, 5) is 14.6. The lowest BCUT2D eigenvalue weighted by Crippen LogP contribution is -2.11. The van der Waals surface area contributed by atoms with Gasteiger partial charge < -0.3 is 0 Å². The maximum absolute atomic E-state index is 10.5. The van der Waals surface area contributed by atoms with Gasteiger partial charge in [-0.3, -0.25) is 9.79 Å². The Bertz CT molecular complexity index is 403. The summed E-state index contributed by atoms with van der Waals surface area (Å²) in [5.74, 6) is 0.792. The van der Waals surface area contributed by atoms with Crippen molar-refractivity contribution < 1.29 is 4.79 Å². The number of benzene rings is 1. The van der Waals surface area contributed by atoms with Gasteiger partial charge in [0, 0.05) is 29.8 Å². The molecule has 0 amide bonds. The maximum Gasteiger partial charge on any atom is 0.150 e. The van der Waals surface area contributed by atoms with E-state index in [1.165, 1.54) is 5.56 Å². The highest BCUT2D eigenvalue weighted by Gasteiger charge is 2.16. The fourth-order valence-corrected chi connectivity index (χ4v) is 1.81. The molecule has 2 rings (SSSR count). The topological polar surface area (TPSA) is 29.4 Å². The molecular weight excluding hydrogens is 186 g/mol. The molecule has 2 nitrogen and oxygen atoms in total. The summed E-state index contributed by atoms with van der Waals surface area (Å²) in [5, 5.41) is 0. The summed E-state index contributed by atoms with van der Waals surface area (Å²) in [7, 11) is 0. The number of hydrogen-bond acceptors (Lipinski definition) is 2. The van der Waals surface area contributed by atoms with Crippen LogP contribution in [0.15, 0.2) is 41.5 Å². The fourth-order valence-electron chi connectivity index (χ4n) is 1.81. The summed E-state index contributed by atoms with van der Waals surface area (Å²) in [6.07, 6.45) is 6.75. The molecule has 0 radical (unpaired) electrons. The molecule has 2 atom stereocenters. The Morgan fingerprint density at radius 1 is 1.27 bits per heavy atom. The zero-order chi connectivity index (χ0) is 10.7. The number of carbonyl (C=O) groups is 1. The second-order valence-electron chi connectivity index (χ2n) is 3.81. The monoisotopic (exact) mass is 199 g/mol. The molecule has 0 aliphatic carbocycles.